The van der Waals surface area contributed by atoms with Gasteiger partial charge in [-0.1, -0.05) is 65.0 Å². The Morgan fingerprint density at radius 1 is 1.12 bits per heavy atom. The zero-order valence-electron chi connectivity index (χ0n) is 27.9. The first-order valence-electron chi connectivity index (χ1n) is 17.2. The number of aliphatic hydroxyl groups is 4. The number of allylic oxidation sites excluding steroid dienone is 1. The standard InChI is InChI=1S/C37H60O6/c1-9-37-18-16-25(23(2)11-10-17-33(3,4)41)36(37,8)20-19-35(7)27-13-15-30(34(5,6)26(27)12-14-29(35)37)43-32-31(40)28(39)21-24(22-38)42-32/h1,12,23-25,27-32,38-41H,10-11,13-22H2,2-8H3/t23-,24+,25?,27?,28+,29?,30+,31-,32+,35+,36-,37+/m1/s1. The average molecular weight is 601 g/mol. The van der Waals surface area contributed by atoms with E-state index < -0.39 is 30.2 Å². The predicted octanol–water partition coefficient (Wildman–Crippen LogP) is 6.00. The third-order valence-electron chi connectivity index (χ3n) is 13.7. The molecule has 0 aromatic rings. The van der Waals surface area contributed by atoms with Crippen molar-refractivity contribution in [2.75, 3.05) is 6.61 Å². The van der Waals surface area contributed by atoms with Crippen molar-refractivity contribution >= 4 is 0 Å². The van der Waals surface area contributed by atoms with Crippen molar-refractivity contribution in [1.29, 1.82) is 0 Å². The number of ether oxygens (including phenoxy) is 2. The Labute approximate surface area is 261 Å². The number of fused-ring (bicyclic) bond motifs is 5. The van der Waals surface area contributed by atoms with Crippen molar-refractivity contribution < 1.29 is 29.9 Å². The fraction of sp³-hybridized carbons (Fsp3) is 0.892. The molecule has 1 saturated heterocycles. The Morgan fingerprint density at radius 3 is 2.49 bits per heavy atom. The summed E-state index contributed by atoms with van der Waals surface area (Å²) in [5, 5.41) is 41.0. The van der Waals surface area contributed by atoms with Gasteiger partial charge in [0.25, 0.3) is 0 Å². The molecule has 244 valence electrons. The van der Waals surface area contributed by atoms with Crippen LogP contribution in [0.2, 0.25) is 0 Å². The molecule has 0 radical (unpaired) electrons. The maximum absolute atomic E-state index is 10.7. The molecule has 0 amide bonds. The second-order valence-corrected chi connectivity index (χ2v) is 16.9. The molecule has 0 aromatic carbocycles. The van der Waals surface area contributed by atoms with E-state index in [4.69, 9.17) is 15.9 Å². The maximum Gasteiger partial charge on any atom is 0.186 e. The molecule has 0 spiro atoms. The van der Waals surface area contributed by atoms with Crippen LogP contribution in [-0.4, -0.2) is 63.3 Å². The van der Waals surface area contributed by atoms with Crippen LogP contribution in [0.1, 0.15) is 119 Å². The van der Waals surface area contributed by atoms with E-state index in [0.29, 0.717) is 23.7 Å². The van der Waals surface area contributed by atoms with E-state index in [0.717, 1.165) is 51.4 Å². The molecule has 1 heterocycles. The van der Waals surface area contributed by atoms with Crippen molar-refractivity contribution in [3.05, 3.63) is 11.6 Å². The van der Waals surface area contributed by atoms with Crippen LogP contribution in [0.3, 0.4) is 0 Å². The highest BCUT2D eigenvalue weighted by Crippen LogP contribution is 2.75. The molecule has 5 aliphatic rings. The normalized spacial score (nSPS) is 46.6. The molecule has 1 aliphatic heterocycles. The average Bonchev–Trinajstić information content (AvgIpc) is 3.24. The zero-order chi connectivity index (χ0) is 31.6. The van der Waals surface area contributed by atoms with Gasteiger partial charge in [0, 0.05) is 17.3 Å². The van der Waals surface area contributed by atoms with Crippen LogP contribution in [0.15, 0.2) is 11.6 Å². The molecule has 6 nitrogen and oxygen atoms in total. The Hall–Kier alpha value is -0.940. The summed E-state index contributed by atoms with van der Waals surface area (Å²) in [5.41, 5.74) is 0.733. The van der Waals surface area contributed by atoms with Gasteiger partial charge >= 0.3 is 0 Å². The number of hydrogen-bond donors (Lipinski definition) is 4. The summed E-state index contributed by atoms with van der Waals surface area (Å²) in [6, 6.07) is 0. The van der Waals surface area contributed by atoms with Crippen LogP contribution >= 0.6 is 0 Å². The van der Waals surface area contributed by atoms with Gasteiger partial charge < -0.3 is 29.9 Å². The number of terminal acetylenes is 1. The maximum atomic E-state index is 10.7. The van der Waals surface area contributed by atoms with Gasteiger partial charge in [-0.05, 0) is 99.7 Å². The number of aliphatic hydroxyl groups excluding tert-OH is 3. The van der Waals surface area contributed by atoms with Gasteiger partial charge in [-0.2, -0.15) is 0 Å². The molecule has 5 rings (SSSR count). The van der Waals surface area contributed by atoms with Crippen LogP contribution < -0.4 is 0 Å². The first kappa shape index (κ1) is 33.4. The van der Waals surface area contributed by atoms with E-state index in [1.54, 1.807) is 0 Å². The van der Waals surface area contributed by atoms with Crippen LogP contribution in [0, 0.1) is 57.7 Å². The van der Waals surface area contributed by atoms with Crippen molar-refractivity contribution in [2.24, 2.45) is 45.3 Å². The zero-order valence-corrected chi connectivity index (χ0v) is 27.9. The predicted molar refractivity (Wildman–Crippen MR) is 169 cm³/mol. The lowest BCUT2D eigenvalue weighted by atomic mass is 9.39. The summed E-state index contributed by atoms with van der Waals surface area (Å²) in [7, 11) is 0. The van der Waals surface area contributed by atoms with Gasteiger partial charge in [-0.3, -0.25) is 0 Å². The summed E-state index contributed by atoms with van der Waals surface area (Å²) >= 11 is 0. The molecule has 12 atom stereocenters. The van der Waals surface area contributed by atoms with E-state index >= 15 is 0 Å². The van der Waals surface area contributed by atoms with Crippen LogP contribution in [0.5, 0.6) is 0 Å². The van der Waals surface area contributed by atoms with Crippen LogP contribution in [-0.2, 0) is 9.47 Å². The van der Waals surface area contributed by atoms with E-state index in [1.807, 2.05) is 13.8 Å². The summed E-state index contributed by atoms with van der Waals surface area (Å²) in [4.78, 5) is 0. The summed E-state index contributed by atoms with van der Waals surface area (Å²) < 4.78 is 12.3. The fourth-order valence-electron chi connectivity index (χ4n) is 11.1. The van der Waals surface area contributed by atoms with Gasteiger partial charge in [-0.15, -0.1) is 6.42 Å². The number of hydrogen-bond acceptors (Lipinski definition) is 6. The Bertz CT molecular complexity index is 1090. The molecule has 3 unspecified atom stereocenters. The lowest BCUT2D eigenvalue weighted by Crippen LogP contribution is -2.60. The quantitative estimate of drug-likeness (QED) is 0.202. The topological polar surface area (TPSA) is 99.4 Å². The smallest absolute Gasteiger partial charge is 0.186 e. The third-order valence-corrected chi connectivity index (χ3v) is 13.7. The first-order chi connectivity index (χ1) is 20.0. The Balaban J connectivity index is 1.37. The van der Waals surface area contributed by atoms with Crippen molar-refractivity contribution in [3.63, 3.8) is 0 Å². The summed E-state index contributed by atoms with van der Waals surface area (Å²) in [5.74, 6) is 5.61. The van der Waals surface area contributed by atoms with Crippen molar-refractivity contribution in [2.45, 2.75) is 155 Å². The van der Waals surface area contributed by atoms with Crippen molar-refractivity contribution in [1.82, 2.24) is 0 Å². The SMILES string of the molecule is C#C[C@@]12CCC([C@H](C)CCCC(C)(C)O)[C@@]1(C)CC[C@@]1(C)C3CC[C@H](O[C@@H]4O[C@H](CO)C[C@H](O)[C@H]4O)C(C)(C)C3=CCC12. The minimum Gasteiger partial charge on any atom is -0.394 e. The molecular weight excluding hydrogens is 540 g/mol. The van der Waals surface area contributed by atoms with E-state index in [2.05, 4.69) is 46.6 Å². The first-order valence-corrected chi connectivity index (χ1v) is 17.2. The largest absolute Gasteiger partial charge is 0.394 e. The molecule has 43 heavy (non-hydrogen) atoms. The highest BCUT2D eigenvalue weighted by molar-refractivity contribution is 5.34. The lowest BCUT2D eigenvalue weighted by Gasteiger charge is -2.65. The summed E-state index contributed by atoms with van der Waals surface area (Å²) in [6.07, 6.45) is 16.2. The second-order valence-electron chi connectivity index (χ2n) is 16.9. The van der Waals surface area contributed by atoms with Gasteiger partial charge in [0.1, 0.15) is 6.10 Å². The molecule has 6 heteroatoms. The lowest BCUT2D eigenvalue weighted by molar-refractivity contribution is -0.296. The molecule has 3 saturated carbocycles. The Morgan fingerprint density at radius 2 is 1.84 bits per heavy atom. The van der Waals surface area contributed by atoms with Crippen LogP contribution in [0.4, 0.5) is 0 Å². The van der Waals surface area contributed by atoms with E-state index in [-0.39, 0.29) is 40.8 Å². The molecule has 4 aliphatic carbocycles. The monoisotopic (exact) mass is 600 g/mol. The van der Waals surface area contributed by atoms with Crippen molar-refractivity contribution in [3.8, 4) is 12.3 Å². The van der Waals surface area contributed by atoms with Gasteiger partial charge in [0.15, 0.2) is 6.29 Å². The van der Waals surface area contributed by atoms with Crippen LogP contribution in [0.25, 0.3) is 0 Å². The second kappa shape index (κ2) is 11.7. The van der Waals surface area contributed by atoms with Gasteiger partial charge in [-0.25, -0.2) is 0 Å². The minimum absolute atomic E-state index is 0.107. The highest BCUT2D eigenvalue weighted by Gasteiger charge is 2.69. The minimum atomic E-state index is -1.13. The van der Waals surface area contributed by atoms with Gasteiger partial charge in [0.2, 0.25) is 0 Å². The fourth-order valence-corrected chi connectivity index (χ4v) is 11.1. The molecule has 4 fully saturated rings. The van der Waals surface area contributed by atoms with Gasteiger partial charge in [0.05, 0.1) is 30.5 Å². The molecule has 0 bridgehead atoms. The molecular formula is C37H60O6. The Kier molecular flexibility index (Phi) is 9.09. The highest BCUT2D eigenvalue weighted by atomic mass is 16.7. The summed E-state index contributed by atoms with van der Waals surface area (Å²) in [6.45, 7) is 15.6. The molecule has 0 aromatic heterocycles. The number of rotatable bonds is 8. The van der Waals surface area contributed by atoms with E-state index in [1.165, 1.54) is 18.4 Å². The third kappa shape index (κ3) is 5.47. The molecule has 4 N–H and O–H groups in total. The van der Waals surface area contributed by atoms with E-state index in [9.17, 15) is 20.4 Å².